The van der Waals surface area contributed by atoms with E-state index in [1.54, 1.807) is 7.11 Å². The zero-order valence-corrected chi connectivity index (χ0v) is 12.2. The Labute approximate surface area is 110 Å². The number of hydrogen-bond acceptors (Lipinski definition) is 2. The molecule has 102 valence electrons. The maximum Gasteiger partial charge on any atom is 0.309 e. The van der Waals surface area contributed by atoms with Crippen LogP contribution in [0.4, 0.5) is 0 Å². The third-order valence-electron chi connectivity index (χ3n) is 6.55. The Kier molecular flexibility index (Phi) is 2.44. The molecule has 0 heterocycles. The predicted molar refractivity (Wildman–Crippen MR) is 71.0 cm³/mol. The fourth-order valence-electron chi connectivity index (χ4n) is 6.10. The molecular weight excluding hydrogens is 224 g/mol. The largest absolute Gasteiger partial charge is 0.469 e. The number of carbonyl (C=O) groups is 1. The molecule has 4 atom stereocenters. The molecule has 0 aromatic carbocycles. The van der Waals surface area contributed by atoms with Gasteiger partial charge in [0.1, 0.15) is 0 Å². The van der Waals surface area contributed by atoms with Gasteiger partial charge in [-0.25, -0.2) is 0 Å². The van der Waals surface area contributed by atoms with Crippen LogP contribution in [0.1, 0.15) is 59.3 Å². The summed E-state index contributed by atoms with van der Waals surface area (Å²) in [6, 6.07) is 0. The van der Waals surface area contributed by atoms with E-state index in [1.165, 1.54) is 38.5 Å². The first-order chi connectivity index (χ1) is 8.36. The molecular formula is C16H26O2. The molecule has 0 amide bonds. The van der Waals surface area contributed by atoms with Crippen molar-refractivity contribution in [2.45, 2.75) is 59.3 Å². The molecule has 0 aliphatic heterocycles. The lowest BCUT2D eigenvalue weighted by atomic mass is 9.31. The monoisotopic (exact) mass is 250 g/mol. The van der Waals surface area contributed by atoms with Gasteiger partial charge in [0.15, 0.2) is 0 Å². The summed E-state index contributed by atoms with van der Waals surface area (Å²) in [6.07, 6.45) is 7.64. The quantitative estimate of drug-likeness (QED) is 0.662. The van der Waals surface area contributed by atoms with Crippen LogP contribution in [-0.2, 0) is 9.53 Å². The molecule has 4 saturated carbocycles. The van der Waals surface area contributed by atoms with Crippen LogP contribution in [0, 0.1) is 28.1 Å². The van der Waals surface area contributed by atoms with Crippen molar-refractivity contribution in [3.63, 3.8) is 0 Å². The van der Waals surface area contributed by atoms with Gasteiger partial charge in [0, 0.05) is 0 Å². The molecule has 2 nitrogen and oxygen atoms in total. The van der Waals surface area contributed by atoms with Crippen LogP contribution in [0.2, 0.25) is 0 Å². The van der Waals surface area contributed by atoms with Gasteiger partial charge < -0.3 is 4.74 Å². The van der Waals surface area contributed by atoms with Gasteiger partial charge in [-0.05, 0) is 54.3 Å². The van der Waals surface area contributed by atoms with Crippen LogP contribution in [-0.4, -0.2) is 13.1 Å². The van der Waals surface area contributed by atoms with Gasteiger partial charge in [-0.2, -0.15) is 0 Å². The molecule has 0 aromatic rings. The number of methoxy groups -OCH3 is 1. The second kappa shape index (κ2) is 3.52. The number of hydrogen-bond donors (Lipinski definition) is 0. The maximum absolute atomic E-state index is 12.3. The van der Waals surface area contributed by atoms with Gasteiger partial charge in [0.25, 0.3) is 0 Å². The highest BCUT2D eigenvalue weighted by molar-refractivity contribution is 5.76. The number of carbonyl (C=O) groups excluding carboxylic acids is 1. The standard InChI is InChI=1S/C16H26O2/c1-14(2)7-5-8-16-10-15(3,9-6-11(14)16)12(16)13(17)18-4/h11-12H,5-10H2,1-4H3/t11-,12+,15-,16-/m0/s1. The van der Waals surface area contributed by atoms with Gasteiger partial charge in [0.05, 0.1) is 13.0 Å². The highest BCUT2D eigenvalue weighted by atomic mass is 16.5. The summed E-state index contributed by atoms with van der Waals surface area (Å²) in [5.74, 6) is 0.962. The molecule has 4 rings (SSSR count). The molecule has 18 heavy (non-hydrogen) atoms. The first kappa shape index (κ1) is 12.5. The van der Waals surface area contributed by atoms with Crippen LogP contribution in [0.25, 0.3) is 0 Å². The van der Waals surface area contributed by atoms with Crippen molar-refractivity contribution in [1.82, 2.24) is 0 Å². The normalized spacial score (nSPS) is 48.9. The van der Waals surface area contributed by atoms with E-state index in [4.69, 9.17) is 4.74 Å². The zero-order chi connectivity index (χ0) is 13.2. The first-order valence-corrected chi connectivity index (χ1v) is 7.44. The summed E-state index contributed by atoms with van der Waals surface area (Å²) in [5, 5.41) is 0. The van der Waals surface area contributed by atoms with E-state index in [2.05, 4.69) is 20.8 Å². The summed E-state index contributed by atoms with van der Waals surface area (Å²) in [7, 11) is 1.55. The Morgan fingerprint density at radius 3 is 2.56 bits per heavy atom. The fraction of sp³-hybridized carbons (Fsp3) is 0.938. The van der Waals surface area contributed by atoms with Gasteiger partial charge in [-0.1, -0.05) is 27.2 Å². The fourth-order valence-corrected chi connectivity index (χ4v) is 6.10. The Morgan fingerprint density at radius 1 is 1.17 bits per heavy atom. The summed E-state index contributed by atoms with van der Waals surface area (Å²) >= 11 is 0. The Hall–Kier alpha value is -0.530. The summed E-state index contributed by atoms with van der Waals surface area (Å²) in [6.45, 7) is 7.12. The number of rotatable bonds is 1. The lowest BCUT2D eigenvalue weighted by Crippen LogP contribution is -2.68. The molecule has 0 N–H and O–H groups in total. The van der Waals surface area contributed by atoms with E-state index in [-0.39, 0.29) is 22.7 Å². The SMILES string of the molecule is COC(=O)[C@@H]1[C@@]2(C)CC[C@H]3C(C)(C)CCC[C@@]13C2. The highest BCUT2D eigenvalue weighted by Crippen LogP contribution is 2.76. The number of fused-ring (bicyclic) bond motifs is 1. The van der Waals surface area contributed by atoms with Crippen molar-refractivity contribution in [3.8, 4) is 0 Å². The van der Waals surface area contributed by atoms with Crippen molar-refractivity contribution in [3.05, 3.63) is 0 Å². The van der Waals surface area contributed by atoms with E-state index < -0.39 is 0 Å². The van der Waals surface area contributed by atoms with Crippen molar-refractivity contribution in [1.29, 1.82) is 0 Å². The molecule has 0 aromatic heterocycles. The first-order valence-electron chi connectivity index (χ1n) is 7.44. The Morgan fingerprint density at radius 2 is 1.89 bits per heavy atom. The van der Waals surface area contributed by atoms with Gasteiger partial charge in [-0.15, -0.1) is 0 Å². The molecule has 1 spiro atoms. The van der Waals surface area contributed by atoms with Crippen molar-refractivity contribution in [2.75, 3.05) is 7.11 Å². The second-order valence-electron chi connectivity index (χ2n) is 7.95. The molecule has 2 heteroatoms. The lowest BCUT2D eigenvalue weighted by molar-refractivity contribution is -0.248. The van der Waals surface area contributed by atoms with Crippen LogP contribution >= 0.6 is 0 Å². The van der Waals surface area contributed by atoms with E-state index in [0.29, 0.717) is 5.41 Å². The van der Waals surface area contributed by atoms with Crippen molar-refractivity contribution >= 4 is 5.97 Å². The molecule has 0 unspecified atom stereocenters. The zero-order valence-electron chi connectivity index (χ0n) is 12.2. The maximum atomic E-state index is 12.3. The second-order valence-corrected chi connectivity index (χ2v) is 7.95. The Bertz CT molecular complexity index is 387. The molecule has 4 fully saturated rings. The molecule has 4 aliphatic carbocycles. The van der Waals surface area contributed by atoms with E-state index in [0.717, 1.165) is 5.92 Å². The third-order valence-corrected chi connectivity index (χ3v) is 6.55. The summed E-state index contributed by atoms with van der Waals surface area (Å²) < 4.78 is 5.13. The average molecular weight is 250 g/mol. The van der Waals surface area contributed by atoms with Crippen LogP contribution < -0.4 is 0 Å². The Balaban J connectivity index is 1.99. The molecule has 0 radical (unpaired) electrons. The van der Waals surface area contributed by atoms with E-state index in [9.17, 15) is 4.79 Å². The molecule has 4 aliphatic rings. The van der Waals surface area contributed by atoms with Gasteiger partial charge >= 0.3 is 5.97 Å². The number of ether oxygens (including phenoxy) is 1. The predicted octanol–water partition coefficient (Wildman–Crippen LogP) is 3.79. The molecule has 0 saturated heterocycles. The minimum Gasteiger partial charge on any atom is -0.469 e. The van der Waals surface area contributed by atoms with Crippen LogP contribution in [0.15, 0.2) is 0 Å². The van der Waals surface area contributed by atoms with Gasteiger partial charge in [-0.3, -0.25) is 4.79 Å². The molecule has 2 bridgehead atoms. The van der Waals surface area contributed by atoms with E-state index >= 15 is 0 Å². The van der Waals surface area contributed by atoms with Crippen LogP contribution in [0.5, 0.6) is 0 Å². The lowest BCUT2D eigenvalue weighted by Gasteiger charge is -2.72. The highest BCUT2D eigenvalue weighted by Gasteiger charge is 2.71. The van der Waals surface area contributed by atoms with Crippen LogP contribution in [0.3, 0.4) is 0 Å². The third kappa shape index (κ3) is 1.32. The summed E-state index contributed by atoms with van der Waals surface area (Å²) in [5.41, 5.74) is 0.922. The van der Waals surface area contributed by atoms with Crippen molar-refractivity contribution < 1.29 is 9.53 Å². The summed E-state index contributed by atoms with van der Waals surface area (Å²) in [4.78, 5) is 12.3. The smallest absolute Gasteiger partial charge is 0.309 e. The number of esters is 1. The van der Waals surface area contributed by atoms with E-state index in [1.807, 2.05) is 0 Å². The minimum atomic E-state index is 0.0613. The van der Waals surface area contributed by atoms with Gasteiger partial charge in [0.2, 0.25) is 0 Å². The van der Waals surface area contributed by atoms with Crippen molar-refractivity contribution in [2.24, 2.45) is 28.1 Å². The minimum absolute atomic E-state index is 0.0613. The topological polar surface area (TPSA) is 26.3 Å². The average Bonchev–Trinajstić information content (AvgIpc) is 2.26.